The molecule has 1 aromatic heterocycles. The number of sulfonamides is 1. The second kappa shape index (κ2) is 8.97. The number of thiazole rings is 1. The molecule has 11 heteroatoms. The lowest BCUT2D eigenvalue weighted by Gasteiger charge is -2.31. The van der Waals surface area contributed by atoms with Crippen molar-refractivity contribution in [3.63, 3.8) is 0 Å². The highest BCUT2D eigenvalue weighted by molar-refractivity contribution is 7.89. The summed E-state index contributed by atoms with van der Waals surface area (Å²) in [6.45, 7) is 1.84. The summed E-state index contributed by atoms with van der Waals surface area (Å²) in [5.41, 5.74) is 0. The zero-order valence-corrected chi connectivity index (χ0v) is 17.3. The van der Waals surface area contributed by atoms with Gasteiger partial charge in [-0.25, -0.2) is 17.8 Å². The molecule has 1 aliphatic heterocycles. The molecule has 2 aromatic rings. The first-order chi connectivity index (χ1) is 13.8. The van der Waals surface area contributed by atoms with Crippen LogP contribution in [-0.2, 0) is 19.6 Å². The van der Waals surface area contributed by atoms with Crippen LogP contribution in [0.4, 0.5) is 9.52 Å². The lowest BCUT2D eigenvalue weighted by atomic mass is 9.98. The Morgan fingerprint density at radius 3 is 2.69 bits per heavy atom. The number of nitrogens with one attached hydrogen (secondary N) is 2. The molecule has 0 unspecified atom stereocenters. The van der Waals surface area contributed by atoms with Gasteiger partial charge in [0, 0.05) is 24.7 Å². The van der Waals surface area contributed by atoms with Gasteiger partial charge in [0.2, 0.25) is 21.8 Å². The van der Waals surface area contributed by atoms with Crippen molar-refractivity contribution in [1.82, 2.24) is 14.6 Å². The van der Waals surface area contributed by atoms with Crippen molar-refractivity contribution in [3.8, 4) is 0 Å². The smallest absolute Gasteiger partial charge is 0.248 e. The number of halogens is 1. The first-order valence-corrected chi connectivity index (χ1v) is 11.4. The van der Waals surface area contributed by atoms with Crippen LogP contribution in [0.3, 0.4) is 0 Å². The van der Waals surface area contributed by atoms with E-state index in [4.69, 9.17) is 0 Å². The van der Waals surface area contributed by atoms with E-state index < -0.39 is 33.7 Å². The number of carbonyl (C=O) groups is 2. The Hall–Kier alpha value is -2.37. The maximum Gasteiger partial charge on any atom is 0.248 e. The van der Waals surface area contributed by atoms with Gasteiger partial charge < -0.3 is 10.6 Å². The van der Waals surface area contributed by atoms with Crippen LogP contribution in [0.25, 0.3) is 0 Å². The van der Waals surface area contributed by atoms with E-state index in [-0.39, 0.29) is 23.9 Å². The third-order valence-corrected chi connectivity index (χ3v) is 7.19. The first-order valence-electron chi connectivity index (χ1n) is 9.04. The van der Waals surface area contributed by atoms with E-state index in [1.165, 1.54) is 27.8 Å². The van der Waals surface area contributed by atoms with Crippen LogP contribution in [0.5, 0.6) is 0 Å². The lowest BCUT2D eigenvalue weighted by Crippen LogP contribution is -2.49. The molecule has 1 saturated heterocycles. The highest BCUT2D eigenvalue weighted by atomic mass is 32.2. The van der Waals surface area contributed by atoms with Crippen LogP contribution >= 0.6 is 11.3 Å². The first kappa shape index (κ1) is 21.3. The van der Waals surface area contributed by atoms with Crippen LogP contribution in [0.1, 0.15) is 19.8 Å². The van der Waals surface area contributed by atoms with Crippen molar-refractivity contribution >= 4 is 38.3 Å². The number of carbonyl (C=O) groups excluding carboxylic acids is 2. The molecular weight excluding hydrogens is 419 g/mol. The second-order valence-corrected chi connectivity index (χ2v) is 9.55. The molecule has 0 saturated carbocycles. The van der Waals surface area contributed by atoms with Crippen LogP contribution in [0, 0.1) is 11.7 Å². The van der Waals surface area contributed by atoms with E-state index in [1.54, 1.807) is 18.5 Å². The minimum absolute atomic E-state index is 0.00631. The van der Waals surface area contributed by atoms with Gasteiger partial charge in [-0.1, -0.05) is 0 Å². The van der Waals surface area contributed by atoms with E-state index in [9.17, 15) is 22.4 Å². The zero-order chi connectivity index (χ0) is 21.0. The minimum Gasteiger partial charge on any atom is -0.344 e. The monoisotopic (exact) mass is 440 g/mol. The SMILES string of the molecule is C[C@@H](NC(=O)[C@@H]1CCCN(S(=O)(=O)c2ccc(F)cc2)C1)C(=O)Nc1nccs1. The summed E-state index contributed by atoms with van der Waals surface area (Å²) in [6, 6.07) is 3.79. The number of amides is 2. The zero-order valence-electron chi connectivity index (χ0n) is 15.7. The Morgan fingerprint density at radius 1 is 1.31 bits per heavy atom. The molecule has 1 aliphatic rings. The molecule has 0 radical (unpaired) electrons. The summed E-state index contributed by atoms with van der Waals surface area (Å²) < 4.78 is 39.9. The highest BCUT2D eigenvalue weighted by Crippen LogP contribution is 2.24. The summed E-state index contributed by atoms with van der Waals surface area (Å²) in [7, 11) is -3.82. The van der Waals surface area contributed by atoms with Crippen molar-refractivity contribution in [1.29, 1.82) is 0 Å². The molecule has 0 aliphatic carbocycles. The number of hydrogen-bond acceptors (Lipinski definition) is 6. The fraction of sp³-hybridized carbons (Fsp3) is 0.389. The molecule has 8 nitrogen and oxygen atoms in total. The maximum absolute atomic E-state index is 13.1. The summed E-state index contributed by atoms with van der Waals surface area (Å²) in [5.74, 6) is -1.88. The Bertz CT molecular complexity index is 964. The van der Waals surface area contributed by atoms with Crippen molar-refractivity contribution in [2.24, 2.45) is 5.92 Å². The maximum atomic E-state index is 13.1. The average molecular weight is 441 g/mol. The van der Waals surface area contributed by atoms with Gasteiger partial charge in [0.15, 0.2) is 5.13 Å². The third kappa shape index (κ3) is 5.17. The van der Waals surface area contributed by atoms with Gasteiger partial charge in [-0.15, -0.1) is 11.3 Å². The number of hydrogen-bond donors (Lipinski definition) is 2. The Labute approximate surface area is 172 Å². The van der Waals surface area contributed by atoms with E-state index in [2.05, 4.69) is 15.6 Å². The molecule has 29 heavy (non-hydrogen) atoms. The predicted molar refractivity (Wildman–Crippen MR) is 106 cm³/mol. The molecule has 1 aromatic carbocycles. The molecule has 3 rings (SSSR count). The van der Waals surface area contributed by atoms with Crippen LogP contribution < -0.4 is 10.6 Å². The van der Waals surface area contributed by atoms with Crippen molar-refractivity contribution < 1.29 is 22.4 Å². The largest absolute Gasteiger partial charge is 0.344 e. The summed E-state index contributed by atoms with van der Waals surface area (Å²) in [6.07, 6.45) is 2.59. The van der Waals surface area contributed by atoms with Crippen molar-refractivity contribution in [3.05, 3.63) is 41.7 Å². The Balaban J connectivity index is 1.61. The molecule has 2 heterocycles. The quantitative estimate of drug-likeness (QED) is 0.712. The van der Waals surface area contributed by atoms with Crippen LogP contribution in [-0.4, -0.2) is 48.7 Å². The normalized spacial score (nSPS) is 18.8. The molecule has 2 N–H and O–H groups in total. The summed E-state index contributed by atoms with van der Waals surface area (Å²) in [4.78, 5) is 28.7. The second-order valence-electron chi connectivity index (χ2n) is 6.71. The Kier molecular flexibility index (Phi) is 6.60. The lowest BCUT2D eigenvalue weighted by molar-refractivity contribution is -0.129. The predicted octanol–water partition coefficient (Wildman–Crippen LogP) is 1.83. The van der Waals surface area contributed by atoms with Gasteiger partial charge in [0.25, 0.3) is 0 Å². The standard InChI is InChI=1S/C18H21FN4O4S2/c1-12(16(24)22-18-20-8-10-28-18)21-17(25)13-3-2-9-23(11-13)29(26,27)15-6-4-14(19)5-7-15/h4-8,10,12-13H,2-3,9,11H2,1H3,(H,21,25)(H,20,22,24)/t12-,13-/m1/s1. The number of benzene rings is 1. The number of aromatic nitrogens is 1. The van der Waals surface area contributed by atoms with E-state index in [0.29, 0.717) is 18.0 Å². The molecule has 0 spiro atoms. The topological polar surface area (TPSA) is 108 Å². The van der Waals surface area contributed by atoms with Crippen molar-refractivity contribution in [2.45, 2.75) is 30.7 Å². The molecule has 156 valence electrons. The fourth-order valence-electron chi connectivity index (χ4n) is 3.03. The molecule has 2 amide bonds. The van der Waals surface area contributed by atoms with E-state index >= 15 is 0 Å². The van der Waals surface area contributed by atoms with Crippen LogP contribution in [0.2, 0.25) is 0 Å². The minimum atomic E-state index is -3.82. The summed E-state index contributed by atoms with van der Waals surface area (Å²) >= 11 is 1.26. The van der Waals surface area contributed by atoms with Gasteiger partial charge in [-0.05, 0) is 44.0 Å². The summed E-state index contributed by atoms with van der Waals surface area (Å²) in [5, 5.41) is 7.40. The van der Waals surface area contributed by atoms with Gasteiger partial charge >= 0.3 is 0 Å². The van der Waals surface area contributed by atoms with Crippen molar-refractivity contribution in [2.75, 3.05) is 18.4 Å². The van der Waals surface area contributed by atoms with E-state index in [1.807, 2.05) is 0 Å². The number of rotatable bonds is 6. The van der Waals surface area contributed by atoms with Gasteiger partial charge in [0.05, 0.1) is 10.8 Å². The van der Waals surface area contributed by atoms with Gasteiger partial charge in [0.1, 0.15) is 11.9 Å². The highest BCUT2D eigenvalue weighted by Gasteiger charge is 2.34. The molecule has 0 bridgehead atoms. The molecule has 1 fully saturated rings. The van der Waals surface area contributed by atoms with Crippen LogP contribution in [0.15, 0.2) is 40.7 Å². The third-order valence-electron chi connectivity index (χ3n) is 4.62. The van der Waals surface area contributed by atoms with Gasteiger partial charge in [-0.2, -0.15) is 4.31 Å². The fourth-order valence-corrected chi connectivity index (χ4v) is 5.08. The average Bonchev–Trinajstić information content (AvgIpc) is 3.21. The number of anilines is 1. The number of nitrogens with zero attached hydrogens (tertiary/aromatic N) is 2. The molecule has 2 atom stereocenters. The number of piperidine rings is 1. The Morgan fingerprint density at radius 2 is 2.03 bits per heavy atom. The molecular formula is C18H21FN4O4S2. The van der Waals surface area contributed by atoms with Gasteiger partial charge in [-0.3, -0.25) is 9.59 Å². The van der Waals surface area contributed by atoms with E-state index in [0.717, 1.165) is 12.1 Å².